The van der Waals surface area contributed by atoms with Crippen molar-refractivity contribution in [1.82, 2.24) is 4.98 Å². The van der Waals surface area contributed by atoms with Crippen LogP contribution in [0.15, 0.2) is 85.0 Å². The van der Waals surface area contributed by atoms with Crippen LogP contribution in [0.3, 0.4) is 0 Å². The Balaban J connectivity index is 1.89. The van der Waals surface area contributed by atoms with E-state index in [1.165, 1.54) is 22.3 Å². The third kappa shape index (κ3) is 3.46. The number of rotatable bonds is 3. The summed E-state index contributed by atoms with van der Waals surface area (Å²) in [7, 11) is 0. The van der Waals surface area contributed by atoms with Gasteiger partial charge >= 0.3 is 0 Å². The van der Waals surface area contributed by atoms with E-state index >= 15 is 0 Å². The van der Waals surface area contributed by atoms with Crippen LogP contribution >= 0.6 is 0 Å². The van der Waals surface area contributed by atoms with Crippen molar-refractivity contribution in [1.29, 1.82) is 0 Å². The van der Waals surface area contributed by atoms with Gasteiger partial charge in [0.05, 0.1) is 11.4 Å². The monoisotopic (exact) mass is 323 g/mol. The first kappa shape index (κ1) is 15.6. The number of allylic oxidation sites excluding steroid dienone is 4. The van der Waals surface area contributed by atoms with Crippen molar-refractivity contribution in [3.8, 4) is 22.5 Å². The predicted octanol–water partition coefficient (Wildman–Crippen LogP) is 6.46. The minimum Gasteiger partial charge on any atom is -0.248 e. The molecule has 0 atom stereocenters. The number of aryl methyl sites for hydroxylation is 1. The fourth-order valence-electron chi connectivity index (χ4n) is 3.23. The molecule has 0 aliphatic heterocycles. The van der Waals surface area contributed by atoms with E-state index in [1.54, 1.807) is 0 Å². The molecular weight excluding hydrogens is 302 g/mol. The summed E-state index contributed by atoms with van der Waals surface area (Å²) in [6, 6.07) is 23.4. The Kier molecular flexibility index (Phi) is 4.30. The van der Waals surface area contributed by atoms with Gasteiger partial charge in [-0.1, -0.05) is 72.3 Å². The summed E-state index contributed by atoms with van der Waals surface area (Å²) in [5.74, 6) is 0. The van der Waals surface area contributed by atoms with Gasteiger partial charge in [0.1, 0.15) is 0 Å². The summed E-state index contributed by atoms with van der Waals surface area (Å²) in [6.07, 6.45) is 9.04. The minimum atomic E-state index is 1.02. The van der Waals surface area contributed by atoms with Crippen LogP contribution in [0.5, 0.6) is 0 Å². The Hall–Kier alpha value is -2.93. The van der Waals surface area contributed by atoms with Gasteiger partial charge in [-0.05, 0) is 49.1 Å². The first-order chi connectivity index (χ1) is 12.3. The fraction of sp³-hybridized carbons (Fsp3) is 0.125. The van der Waals surface area contributed by atoms with Gasteiger partial charge in [0.25, 0.3) is 0 Å². The van der Waals surface area contributed by atoms with Gasteiger partial charge in [-0.25, -0.2) is 4.98 Å². The molecule has 1 nitrogen and oxygen atoms in total. The quantitative estimate of drug-likeness (QED) is 0.539. The largest absolute Gasteiger partial charge is 0.248 e. The van der Waals surface area contributed by atoms with E-state index < -0.39 is 0 Å². The second kappa shape index (κ2) is 6.90. The van der Waals surface area contributed by atoms with Gasteiger partial charge in [0.15, 0.2) is 0 Å². The number of nitrogens with zero attached hydrogens (tertiary/aromatic N) is 1. The van der Waals surface area contributed by atoms with Crippen LogP contribution in [0, 0.1) is 6.92 Å². The van der Waals surface area contributed by atoms with Crippen LogP contribution in [0.1, 0.15) is 24.0 Å². The van der Waals surface area contributed by atoms with Gasteiger partial charge in [-0.15, -0.1) is 0 Å². The van der Waals surface area contributed by atoms with Crippen molar-refractivity contribution < 1.29 is 0 Å². The molecular formula is C24H21N. The highest BCUT2D eigenvalue weighted by Gasteiger charge is 2.10. The highest BCUT2D eigenvalue weighted by Crippen LogP contribution is 2.30. The lowest BCUT2D eigenvalue weighted by Crippen LogP contribution is -1.94. The molecule has 25 heavy (non-hydrogen) atoms. The molecule has 0 N–H and O–H groups in total. The van der Waals surface area contributed by atoms with Crippen molar-refractivity contribution in [3.63, 3.8) is 0 Å². The zero-order valence-electron chi connectivity index (χ0n) is 14.4. The summed E-state index contributed by atoms with van der Waals surface area (Å²) in [5, 5.41) is 0. The molecule has 0 spiro atoms. The average molecular weight is 323 g/mol. The predicted molar refractivity (Wildman–Crippen MR) is 106 cm³/mol. The summed E-state index contributed by atoms with van der Waals surface area (Å²) < 4.78 is 0. The molecule has 0 unspecified atom stereocenters. The molecule has 3 aromatic rings. The lowest BCUT2D eigenvalue weighted by Gasteiger charge is -2.12. The highest BCUT2D eigenvalue weighted by atomic mass is 14.7. The van der Waals surface area contributed by atoms with Crippen molar-refractivity contribution in [2.75, 3.05) is 0 Å². The van der Waals surface area contributed by atoms with Crippen molar-refractivity contribution in [2.45, 2.75) is 19.8 Å². The van der Waals surface area contributed by atoms with Crippen LogP contribution in [-0.4, -0.2) is 4.98 Å². The van der Waals surface area contributed by atoms with E-state index in [2.05, 4.69) is 85.8 Å². The molecule has 1 aliphatic rings. The van der Waals surface area contributed by atoms with Gasteiger partial charge in [-0.2, -0.15) is 0 Å². The van der Waals surface area contributed by atoms with Crippen LogP contribution in [0.4, 0.5) is 0 Å². The van der Waals surface area contributed by atoms with Crippen LogP contribution in [0.25, 0.3) is 28.1 Å². The molecule has 1 aromatic heterocycles. The number of pyridine rings is 1. The number of benzene rings is 2. The van der Waals surface area contributed by atoms with Crippen LogP contribution in [0.2, 0.25) is 0 Å². The molecule has 0 amide bonds. The molecule has 0 saturated carbocycles. The Bertz CT molecular complexity index is 949. The van der Waals surface area contributed by atoms with Crippen molar-refractivity contribution >= 4 is 5.57 Å². The lowest BCUT2D eigenvalue weighted by atomic mass is 9.96. The highest BCUT2D eigenvalue weighted by molar-refractivity contribution is 5.80. The second-order valence-corrected chi connectivity index (χ2v) is 6.50. The summed E-state index contributed by atoms with van der Waals surface area (Å²) in [5.41, 5.74) is 8.15. The Morgan fingerprint density at radius 2 is 1.48 bits per heavy atom. The van der Waals surface area contributed by atoms with E-state index in [0.29, 0.717) is 0 Å². The molecule has 1 aliphatic carbocycles. The van der Waals surface area contributed by atoms with Crippen molar-refractivity contribution in [2.24, 2.45) is 0 Å². The maximum atomic E-state index is 4.96. The van der Waals surface area contributed by atoms with Gasteiger partial charge in [0.2, 0.25) is 0 Å². The van der Waals surface area contributed by atoms with Gasteiger partial charge < -0.3 is 0 Å². The van der Waals surface area contributed by atoms with Crippen molar-refractivity contribution in [3.05, 3.63) is 96.1 Å². The second-order valence-electron chi connectivity index (χ2n) is 6.50. The standard InChI is InChI=1S/C24H21N/c1-18-9-8-14-21(15-18)24-17-22(19-10-4-2-5-11-19)16-23(25-24)20-12-6-3-7-13-20/h3-4,6-17H,2,5H2,1H3. The molecule has 0 saturated heterocycles. The maximum Gasteiger partial charge on any atom is 0.0715 e. The molecule has 0 fully saturated rings. The van der Waals surface area contributed by atoms with Gasteiger partial charge in [-0.3, -0.25) is 0 Å². The fourth-order valence-corrected chi connectivity index (χ4v) is 3.23. The van der Waals surface area contributed by atoms with Crippen LogP contribution in [-0.2, 0) is 0 Å². The summed E-state index contributed by atoms with van der Waals surface area (Å²) in [4.78, 5) is 4.96. The first-order valence-electron chi connectivity index (χ1n) is 8.81. The Morgan fingerprint density at radius 1 is 0.720 bits per heavy atom. The topological polar surface area (TPSA) is 12.9 Å². The zero-order chi connectivity index (χ0) is 17.1. The Labute approximate surface area is 149 Å². The summed E-state index contributed by atoms with van der Waals surface area (Å²) in [6.45, 7) is 2.12. The molecule has 1 heterocycles. The van der Waals surface area contributed by atoms with E-state index in [9.17, 15) is 0 Å². The molecule has 4 rings (SSSR count). The number of aromatic nitrogens is 1. The third-order valence-electron chi connectivity index (χ3n) is 4.54. The molecule has 1 heteroatoms. The Morgan fingerprint density at radius 3 is 2.20 bits per heavy atom. The van der Waals surface area contributed by atoms with E-state index in [1.807, 2.05) is 6.07 Å². The SMILES string of the molecule is Cc1cccc(-c2cc(C3=CCCC=C3)cc(-c3ccccc3)n2)c1. The average Bonchev–Trinajstić information content (AvgIpc) is 2.69. The van der Waals surface area contributed by atoms with E-state index in [-0.39, 0.29) is 0 Å². The zero-order valence-corrected chi connectivity index (χ0v) is 14.4. The maximum absolute atomic E-state index is 4.96. The van der Waals surface area contributed by atoms with E-state index in [4.69, 9.17) is 4.98 Å². The first-order valence-corrected chi connectivity index (χ1v) is 8.81. The smallest absolute Gasteiger partial charge is 0.0715 e. The van der Waals surface area contributed by atoms with Crippen LogP contribution < -0.4 is 0 Å². The lowest BCUT2D eigenvalue weighted by molar-refractivity contribution is 1.04. The minimum absolute atomic E-state index is 1.02. The van der Waals surface area contributed by atoms with Gasteiger partial charge in [0, 0.05) is 11.1 Å². The van der Waals surface area contributed by atoms with E-state index in [0.717, 1.165) is 29.8 Å². The number of hydrogen-bond donors (Lipinski definition) is 0. The molecule has 0 radical (unpaired) electrons. The summed E-state index contributed by atoms with van der Waals surface area (Å²) >= 11 is 0. The number of hydrogen-bond acceptors (Lipinski definition) is 1. The third-order valence-corrected chi connectivity index (χ3v) is 4.54. The molecule has 122 valence electrons. The molecule has 2 aromatic carbocycles. The normalized spacial score (nSPS) is 13.6. The molecule has 0 bridgehead atoms.